The van der Waals surface area contributed by atoms with Crippen molar-refractivity contribution >= 4 is 34.8 Å². The molecule has 6 heteroatoms. The number of nitrogens with one attached hydrogen (secondary N) is 3. The summed E-state index contributed by atoms with van der Waals surface area (Å²) >= 11 is 0. The van der Waals surface area contributed by atoms with Crippen molar-refractivity contribution in [1.29, 1.82) is 0 Å². The highest BCUT2D eigenvalue weighted by Crippen LogP contribution is 2.15. The first kappa shape index (κ1) is 17.2. The molecule has 6 nitrogen and oxygen atoms in total. The lowest BCUT2D eigenvalue weighted by Gasteiger charge is -2.08. The van der Waals surface area contributed by atoms with Gasteiger partial charge in [-0.15, -0.1) is 0 Å². The molecule has 0 atom stereocenters. The SMILES string of the molecule is CC(=O)Nc1cccc(NC(=O)CC(=O)Nc2ccc(C)cc2)c1. The van der Waals surface area contributed by atoms with Gasteiger partial charge in [0.25, 0.3) is 0 Å². The van der Waals surface area contributed by atoms with E-state index in [0.717, 1.165) is 5.56 Å². The van der Waals surface area contributed by atoms with Crippen LogP contribution < -0.4 is 16.0 Å². The molecule has 2 rings (SSSR count). The third kappa shape index (κ3) is 5.57. The van der Waals surface area contributed by atoms with Gasteiger partial charge in [-0.25, -0.2) is 0 Å². The maximum absolute atomic E-state index is 11.9. The fourth-order valence-corrected chi connectivity index (χ4v) is 2.07. The minimum absolute atomic E-state index is 0.198. The Bertz CT molecular complexity index is 754. The molecule has 2 aromatic carbocycles. The first-order chi connectivity index (χ1) is 11.4. The minimum atomic E-state index is -0.431. The summed E-state index contributed by atoms with van der Waals surface area (Å²) in [5.74, 6) is -1.02. The van der Waals surface area contributed by atoms with Gasteiger partial charge < -0.3 is 16.0 Å². The lowest BCUT2D eigenvalue weighted by atomic mass is 10.2. The first-order valence-electron chi connectivity index (χ1n) is 7.46. The number of amides is 3. The molecule has 0 saturated heterocycles. The van der Waals surface area contributed by atoms with Gasteiger partial charge in [-0.05, 0) is 37.3 Å². The maximum Gasteiger partial charge on any atom is 0.233 e. The van der Waals surface area contributed by atoms with E-state index in [1.807, 2.05) is 19.1 Å². The molecule has 0 bridgehead atoms. The van der Waals surface area contributed by atoms with Crippen LogP contribution in [0.3, 0.4) is 0 Å². The van der Waals surface area contributed by atoms with Crippen LogP contribution in [0.5, 0.6) is 0 Å². The summed E-state index contributed by atoms with van der Waals surface area (Å²) in [6.07, 6.45) is -0.293. The van der Waals surface area contributed by atoms with Crippen molar-refractivity contribution in [3.8, 4) is 0 Å². The number of anilines is 3. The Hall–Kier alpha value is -3.15. The van der Waals surface area contributed by atoms with Gasteiger partial charge in [-0.3, -0.25) is 14.4 Å². The van der Waals surface area contributed by atoms with Crippen LogP contribution in [0.15, 0.2) is 48.5 Å². The fraction of sp³-hybridized carbons (Fsp3) is 0.167. The summed E-state index contributed by atoms with van der Waals surface area (Å²) in [5, 5.41) is 7.92. The van der Waals surface area contributed by atoms with Crippen LogP contribution in [0.25, 0.3) is 0 Å². The molecule has 0 aliphatic rings. The Morgan fingerprint density at radius 2 is 1.33 bits per heavy atom. The highest BCUT2D eigenvalue weighted by Gasteiger charge is 2.10. The van der Waals surface area contributed by atoms with Gasteiger partial charge in [0.05, 0.1) is 0 Å². The van der Waals surface area contributed by atoms with Crippen molar-refractivity contribution in [2.45, 2.75) is 20.3 Å². The molecule has 0 saturated carbocycles. The molecule has 0 heterocycles. The van der Waals surface area contributed by atoms with E-state index in [2.05, 4.69) is 16.0 Å². The van der Waals surface area contributed by atoms with Crippen LogP contribution in [0, 0.1) is 6.92 Å². The average molecular weight is 325 g/mol. The topological polar surface area (TPSA) is 87.3 Å². The summed E-state index contributed by atoms with van der Waals surface area (Å²) in [4.78, 5) is 34.9. The number of carbonyl (C=O) groups excluding carboxylic acids is 3. The van der Waals surface area contributed by atoms with Crippen LogP contribution in [0.1, 0.15) is 18.9 Å². The predicted octanol–water partition coefficient (Wildman–Crippen LogP) is 2.92. The number of aryl methyl sites for hydroxylation is 1. The van der Waals surface area contributed by atoms with Crippen molar-refractivity contribution in [2.75, 3.05) is 16.0 Å². The van der Waals surface area contributed by atoms with Gasteiger partial charge in [0.15, 0.2) is 0 Å². The van der Waals surface area contributed by atoms with Crippen LogP contribution in [-0.2, 0) is 14.4 Å². The Morgan fingerprint density at radius 1 is 0.792 bits per heavy atom. The van der Waals surface area contributed by atoms with E-state index in [9.17, 15) is 14.4 Å². The molecule has 2 aromatic rings. The molecule has 0 fully saturated rings. The monoisotopic (exact) mass is 325 g/mol. The quantitative estimate of drug-likeness (QED) is 0.739. The average Bonchev–Trinajstić information content (AvgIpc) is 2.49. The number of hydrogen-bond donors (Lipinski definition) is 3. The van der Waals surface area contributed by atoms with Crippen molar-refractivity contribution in [2.24, 2.45) is 0 Å². The molecule has 24 heavy (non-hydrogen) atoms. The highest BCUT2D eigenvalue weighted by molar-refractivity contribution is 6.08. The second-order valence-electron chi connectivity index (χ2n) is 5.40. The van der Waals surface area contributed by atoms with E-state index in [1.54, 1.807) is 36.4 Å². The second kappa shape index (κ2) is 7.92. The summed E-state index contributed by atoms with van der Waals surface area (Å²) in [6.45, 7) is 3.36. The van der Waals surface area contributed by atoms with Gasteiger partial charge in [0.2, 0.25) is 17.7 Å². The molecule has 0 aliphatic carbocycles. The summed E-state index contributed by atoms with van der Waals surface area (Å²) in [6, 6.07) is 14.0. The Morgan fingerprint density at radius 3 is 1.92 bits per heavy atom. The largest absolute Gasteiger partial charge is 0.326 e. The van der Waals surface area contributed by atoms with Crippen molar-refractivity contribution in [1.82, 2.24) is 0 Å². The second-order valence-corrected chi connectivity index (χ2v) is 5.40. The van der Waals surface area contributed by atoms with E-state index >= 15 is 0 Å². The van der Waals surface area contributed by atoms with E-state index in [4.69, 9.17) is 0 Å². The summed E-state index contributed by atoms with van der Waals surface area (Å²) in [5.41, 5.74) is 2.81. The zero-order valence-corrected chi connectivity index (χ0v) is 13.6. The first-order valence-corrected chi connectivity index (χ1v) is 7.46. The van der Waals surface area contributed by atoms with E-state index < -0.39 is 11.8 Å². The number of benzene rings is 2. The van der Waals surface area contributed by atoms with Gasteiger partial charge >= 0.3 is 0 Å². The highest BCUT2D eigenvalue weighted by atomic mass is 16.2. The molecule has 3 N–H and O–H groups in total. The van der Waals surface area contributed by atoms with Crippen LogP contribution >= 0.6 is 0 Å². The smallest absolute Gasteiger partial charge is 0.233 e. The third-order valence-corrected chi connectivity index (χ3v) is 3.12. The minimum Gasteiger partial charge on any atom is -0.326 e. The fourth-order valence-electron chi connectivity index (χ4n) is 2.07. The zero-order chi connectivity index (χ0) is 17.5. The zero-order valence-electron chi connectivity index (χ0n) is 13.6. The van der Waals surface area contributed by atoms with Gasteiger partial charge in [-0.2, -0.15) is 0 Å². The predicted molar refractivity (Wildman–Crippen MR) is 93.8 cm³/mol. The lowest BCUT2D eigenvalue weighted by molar-refractivity contribution is -0.123. The lowest BCUT2D eigenvalue weighted by Crippen LogP contribution is -2.21. The molecule has 0 radical (unpaired) electrons. The third-order valence-electron chi connectivity index (χ3n) is 3.12. The van der Waals surface area contributed by atoms with E-state index in [-0.39, 0.29) is 12.3 Å². The van der Waals surface area contributed by atoms with Crippen molar-refractivity contribution in [3.05, 3.63) is 54.1 Å². The van der Waals surface area contributed by atoms with Gasteiger partial charge in [0.1, 0.15) is 6.42 Å². The molecule has 0 aliphatic heterocycles. The Labute approximate surface area is 140 Å². The molecule has 0 spiro atoms. The number of rotatable bonds is 5. The van der Waals surface area contributed by atoms with Gasteiger partial charge in [0, 0.05) is 24.0 Å². The molecule has 124 valence electrons. The number of hydrogen-bond acceptors (Lipinski definition) is 3. The van der Waals surface area contributed by atoms with E-state index in [0.29, 0.717) is 17.1 Å². The normalized spacial score (nSPS) is 9.92. The van der Waals surface area contributed by atoms with Crippen molar-refractivity contribution in [3.63, 3.8) is 0 Å². The van der Waals surface area contributed by atoms with Crippen molar-refractivity contribution < 1.29 is 14.4 Å². The van der Waals surface area contributed by atoms with Gasteiger partial charge in [-0.1, -0.05) is 23.8 Å². The molecule has 0 unspecified atom stereocenters. The maximum atomic E-state index is 11.9. The molecular weight excluding hydrogens is 306 g/mol. The summed E-state index contributed by atoms with van der Waals surface area (Å²) < 4.78 is 0. The molecular formula is C18H19N3O3. The summed E-state index contributed by atoms with van der Waals surface area (Å²) in [7, 11) is 0. The van der Waals surface area contributed by atoms with Crippen LogP contribution in [0.4, 0.5) is 17.1 Å². The van der Waals surface area contributed by atoms with Crippen LogP contribution in [-0.4, -0.2) is 17.7 Å². The Kier molecular flexibility index (Phi) is 5.68. The number of carbonyl (C=O) groups is 3. The molecule has 0 aromatic heterocycles. The van der Waals surface area contributed by atoms with Crippen LogP contribution in [0.2, 0.25) is 0 Å². The van der Waals surface area contributed by atoms with E-state index in [1.165, 1.54) is 6.92 Å². The Balaban J connectivity index is 1.89. The molecule has 3 amide bonds. The standard InChI is InChI=1S/C18H19N3O3/c1-12-6-8-14(9-7-12)20-17(23)11-18(24)21-16-5-3-4-15(10-16)19-13(2)22/h3-10H,11H2,1-2H3,(H,19,22)(H,20,23)(H,21,24).